The van der Waals surface area contributed by atoms with E-state index in [9.17, 15) is 4.79 Å². The molecule has 120 valence electrons. The number of aryl methyl sites for hydroxylation is 1. The minimum Gasteiger partial charge on any atom is -0.478 e. The first kappa shape index (κ1) is 15.5. The molecule has 0 amide bonds. The summed E-state index contributed by atoms with van der Waals surface area (Å²) in [4.78, 5) is 19.5. The van der Waals surface area contributed by atoms with Gasteiger partial charge in [0.25, 0.3) is 0 Å². The van der Waals surface area contributed by atoms with E-state index in [1.807, 2.05) is 37.3 Å². The van der Waals surface area contributed by atoms with Crippen LogP contribution in [0.4, 0.5) is 11.6 Å². The molecule has 0 unspecified atom stereocenters. The van der Waals surface area contributed by atoms with Crippen LogP contribution in [0.3, 0.4) is 0 Å². The Balaban J connectivity index is 1.79. The van der Waals surface area contributed by atoms with Gasteiger partial charge in [0.1, 0.15) is 5.75 Å². The Morgan fingerprint density at radius 3 is 2.42 bits per heavy atom. The molecule has 0 atom stereocenters. The molecule has 0 spiro atoms. The van der Waals surface area contributed by atoms with Crippen LogP contribution in [0.25, 0.3) is 0 Å². The van der Waals surface area contributed by atoms with Gasteiger partial charge in [-0.15, -0.1) is 0 Å². The largest absolute Gasteiger partial charge is 0.478 e. The van der Waals surface area contributed by atoms with Crippen LogP contribution < -0.4 is 10.1 Å². The number of hydrogen-bond acceptors (Lipinski definition) is 5. The van der Waals surface area contributed by atoms with Crippen LogP contribution in [-0.2, 0) is 0 Å². The Morgan fingerprint density at radius 1 is 1.04 bits per heavy atom. The lowest BCUT2D eigenvalue weighted by Gasteiger charge is -2.09. The third-order valence-corrected chi connectivity index (χ3v) is 3.18. The van der Waals surface area contributed by atoms with Gasteiger partial charge >= 0.3 is 5.97 Å². The van der Waals surface area contributed by atoms with Crippen molar-refractivity contribution < 1.29 is 14.6 Å². The van der Waals surface area contributed by atoms with E-state index in [0.29, 0.717) is 17.6 Å². The zero-order valence-corrected chi connectivity index (χ0v) is 12.9. The highest BCUT2D eigenvalue weighted by atomic mass is 16.5. The van der Waals surface area contributed by atoms with Gasteiger partial charge in [-0.25, -0.2) is 9.78 Å². The zero-order valence-electron chi connectivity index (χ0n) is 12.9. The molecule has 6 heteroatoms. The van der Waals surface area contributed by atoms with Gasteiger partial charge in [-0.2, -0.15) is 4.98 Å². The number of benzene rings is 2. The molecule has 1 aromatic heterocycles. The maximum absolute atomic E-state index is 10.9. The molecule has 3 aromatic rings. The normalized spacial score (nSPS) is 10.2. The Bertz CT molecular complexity index is 849. The van der Waals surface area contributed by atoms with Crippen molar-refractivity contribution in [3.63, 3.8) is 0 Å². The molecule has 0 fully saturated rings. The highest BCUT2D eigenvalue weighted by Crippen LogP contribution is 2.22. The number of carboxylic acid groups (broad SMARTS) is 1. The van der Waals surface area contributed by atoms with Gasteiger partial charge in [0.05, 0.1) is 5.56 Å². The number of nitrogens with one attached hydrogen (secondary N) is 1. The fourth-order valence-electron chi connectivity index (χ4n) is 2.08. The standard InChI is InChI=1S/C18H15N3O3/c1-12-11-16(24-15-9-7-13(8-10-15)17(22)23)21-18(19-12)20-14-5-3-2-4-6-14/h2-11H,1H3,(H,22,23)(H,19,20,21). The van der Waals surface area contributed by atoms with Gasteiger partial charge in [0.15, 0.2) is 0 Å². The highest BCUT2D eigenvalue weighted by molar-refractivity contribution is 5.87. The highest BCUT2D eigenvalue weighted by Gasteiger charge is 2.07. The summed E-state index contributed by atoms with van der Waals surface area (Å²) in [6.45, 7) is 1.85. The number of anilines is 2. The minimum atomic E-state index is -0.978. The maximum atomic E-state index is 10.9. The lowest BCUT2D eigenvalue weighted by Crippen LogP contribution is -2.00. The molecule has 0 bridgehead atoms. The molecule has 0 aliphatic carbocycles. The zero-order chi connectivity index (χ0) is 16.9. The summed E-state index contributed by atoms with van der Waals surface area (Å²) in [5.41, 5.74) is 1.83. The second kappa shape index (κ2) is 6.78. The summed E-state index contributed by atoms with van der Waals surface area (Å²) in [5, 5.41) is 12.0. The first-order valence-corrected chi connectivity index (χ1v) is 7.29. The monoisotopic (exact) mass is 321 g/mol. The number of hydrogen-bond donors (Lipinski definition) is 2. The predicted octanol–water partition coefficient (Wildman–Crippen LogP) is 4.02. The molecule has 2 aromatic carbocycles. The number of carboxylic acids is 1. The predicted molar refractivity (Wildman–Crippen MR) is 90.0 cm³/mol. The third kappa shape index (κ3) is 3.86. The maximum Gasteiger partial charge on any atom is 0.335 e. The molecule has 6 nitrogen and oxygen atoms in total. The first-order valence-electron chi connectivity index (χ1n) is 7.29. The summed E-state index contributed by atoms with van der Waals surface area (Å²) < 4.78 is 5.69. The number of rotatable bonds is 5. The van der Waals surface area contributed by atoms with E-state index in [4.69, 9.17) is 9.84 Å². The van der Waals surface area contributed by atoms with Crippen molar-refractivity contribution in [2.75, 3.05) is 5.32 Å². The molecule has 0 aliphatic rings. The number of aromatic carboxylic acids is 1. The van der Waals surface area contributed by atoms with Crippen molar-refractivity contribution in [2.45, 2.75) is 6.92 Å². The van der Waals surface area contributed by atoms with Crippen molar-refractivity contribution in [1.82, 2.24) is 9.97 Å². The average molecular weight is 321 g/mol. The van der Waals surface area contributed by atoms with E-state index >= 15 is 0 Å². The molecule has 0 aliphatic heterocycles. The van der Waals surface area contributed by atoms with Gasteiger partial charge in [-0.05, 0) is 43.3 Å². The van der Waals surface area contributed by atoms with E-state index in [-0.39, 0.29) is 5.56 Å². The van der Waals surface area contributed by atoms with Crippen LogP contribution in [0.2, 0.25) is 0 Å². The van der Waals surface area contributed by atoms with Gasteiger partial charge in [0, 0.05) is 17.4 Å². The fourth-order valence-corrected chi connectivity index (χ4v) is 2.08. The SMILES string of the molecule is Cc1cc(Oc2ccc(C(=O)O)cc2)nc(Nc2ccccc2)n1. The van der Waals surface area contributed by atoms with Gasteiger partial charge in [-0.3, -0.25) is 0 Å². The van der Waals surface area contributed by atoms with Crippen LogP contribution in [0, 0.1) is 6.92 Å². The first-order chi connectivity index (χ1) is 11.6. The molecular formula is C18H15N3O3. The second-order valence-corrected chi connectivity index (χ2v) is 5.09. The Labute approximate surface area is 138 Å². The van der Waals surface area contributed by atoms with E-state index < -0.39 is 5.97 Å². The van der Waals surface area contributed by atoms with E-state index in [0.717, 1.165) is 11.4 Å². The van der Waals surface area contributed by atoms with E-state index in [1.54, 1.807) is 18.2 Å². The van der Waals surface area contributed by atoms with Crippen LogP contribution in [-0.4, -0.2) is 21.0 Å². The number of nitrogens with zero attached hydrogens (tertiary/aromatic N) is 2. The van der Waals surface area contributed by atoms with Crippen LogP contribution in [0.15, 0.2) is 60.7 Å². The lowest BCUT2D eigenvalue weighted by atomic mass is 10.2. The molecule has 0 saturated carbocycles. The van der Waals surface area contributed by atoms with Crippen molar-refractivity contribution in [3.05, 3.63) is 71.9 Å². The summed E-state index contributed by atoms with van der Waals surface area (Å²) in [5.74, 6) is 0.333. The Hall–Kier alpha value is -3.41. The molecule has 0 radical (unpaired) electrons. The molecule has 3 rings (SSSR count). The van der Waals surface area contributed by atoms with Gasteiger partial charge < -0.3 is 15.2 Å². The van der Waals surface area contributed by atoms with E-state index in [2.05, 4.69) is 15.3 Å². The van der Waals surface area contributed by atoms with Crippen molar-refractivity contribution in [1.29, 1.82) is 0 Å². The molecular weight excluding hydrogens is 306 g/mol. The van der Waals surface area contributed by atoms with Gasteiger partial charge in [0.2, 0.25) is 11.8 Å². The Kier molecular flexibility index (Phi) is 4.38. The third-order valence-electron chi connectivity index (χ3n) is 3.18. The quantitative estimate of drug-likeness (QED) is 0.738. The molecule has 0 saturated heterocycles. The van der Waals surface area contributed by atoms with Crippen LogP contribution >= 0.6 is 0 Å². The average Bonchev–Trinajstić information content (AvgIpc) is 2.55. The molecule has 1 heterocycles. The lowest BCUT2D eigenvalue weighted by molar-refractivity contribution is 0.0697. The summed E-state index contributed by atoms with van der Waals surface area (Å²) >= 11 is 0. The van der Waals surface area contributed by atoms with Crippen molar-refractivity contribution >= 4 is 17.6 Å². The van der Waals surface area contributed by atoms with E-state index in [1.165, 1.54) is 12.1 Å². The van der Waals surface area contributed by atoms with Gasteiger partial charge in [-0.1, -0.05) is 18.2 Å². The van der Waals surface area contributed by atoms with Crippen molar-refractivity contribution in [2.24, 2.45) is 0 Å². The summed E-state index contributed by atoms with van der Waals surface area (Å²) in [6, 6.07) is 17.4. The van der Waals surface area contributed by atoms with Crippen LogP contribution in [0.1, 0.15) is 16.1 Å². The molecule has 2 N–H and O–H groups in total. The number of carbonyl (C=O) groups is 1. The summed E-state index contributed by atoms with van der Waals surface area (Å²) in [7, 11) is 0. The topological polar surface area (TPSA) is 84.3 Å². The van der Waals surface area contributed by atoms with Crippen LogP contribution in [0.5, 0.6) is 11.6 Å². The Morgan fingerprint density at radius 2 is 1.75 bits per heavy atom. The number of aromatic nitrogens is 2. The fraction of sp³-hybridized carbons (Fsp3) is 0.0556. The minimum absolute atomic E-state index is 0.202. The molecule has 24 heavy (non-hydrogen) atoms. The van der Waals surface area contributed by atoms with Crippen molar-refractivity contribution in [3.8, 4) is 11.6 Å². The smallest absolute Gasteiger partial charge is 0.335 e. The number of para-hydroxylation sites is 1. The number of ether oxygens (including phenoxy) is 1. The second-order valence-electron chi connectivity index (χ2n) is 5.09. The summed E-state index contributed by atoms with van der Waals surface area (Å²) in [6.07, 6.45) is 0.